The minimum Gasteiger partial charge on any atom is -0.493 e. The minimum absolute atomic E-state index is 0.111. The molecule has 0 spiro atoms. The van der Waals surface area contributed by atoms with E-state index >= 15 is 0 Å². The highest BCUT2D eigenvalue weighted by atomic mass is 79.9. The van der Waals surface area contributed by atoms with Gasteiger partial charge in [0.25, 0.3) is 0 Å². The maximum Gasteiger partial charge on any atom is 0.339 e. The monoisotopic (exact) mass is 408 g/mol. The molecule has 0 atom stereocenters. The van der Waals surface area contributed by atoms with Crippen LogP contribution in [0.3, 0.4) is 0 Å². The van der Waals surface area contributed by atoms with Gasteiger partial charge in [-0.25, -0.2) is 4.79 Å². The molecule has 6 heteroatoms. The van der Waals surface area contributed by atoms with Crippen LogP contribution in [0.25, 0.3) is 0 Å². The van der Waals surface area contributed by atoms with E-state index in [1.54, 1.807) is 0 Å². The highest BCUT2D eigenvalue weighted by Crippen LogP contribution is 2.37. The summed E-state index contributed by atoms with van der Waals surface area (Å²) >= 11 is 9.60. The second-order valence-electron chi connectivity index (χ2n) is 4.68. The van der Waals surface area contributed by atoms with Crippen molar-refractivity contribution in [2.45, 2.75) is 6.61 Å². The lowest BCUT2D eigenvalue weighted by Gasteiger charge is -2.14. The highest BCUT2D eigenvalue weighted by Gasteiger charge is 2.17. The van der Waals surface area contributed by atoms with Crippen LogP contribution in [-0.2, 0) is 11.3 Å². The summed E-state index contributed by atoms with van der Waals surface area (Å²) in [6.45, 7) is 0.199. The summed E-state index contributed by atoms with van der Waals surface area (Å²) in [4.78, 5) is 11.9. The Morgan fingerprint density at radius 2 is 2.00 bits per heavy atom. The molecule has 0 aliphatic heterocycles. The summed E-state index contributed by atoms with van der Waals surface area (Å²) in [6, 6.07) is 10.7. The molecule has 0 aliphatic carbocycles. The van der Waals surface area contributed by atoms with E-state index in [1.165, 1.54) is 19.2 Å². The van der Waals surface area contributed by atoms with Crippen molar-refractivity contribution < 1.29 is 19.0 Å². The molecule has 0 unspecified atom stereocenters. The predicted molar refractivity (Wildman–Crippen MR) is 95.6 cm³/mol. The van der Waals surface area contributed by atoms with Crippen molar-refractivity contribution in [3.05, 3.63) is 57.0 Å². The van der Waals surface area contributed by atoms with Crippen molar-refractivity contribution in [2.75, 3.05) is 13.7 Å². The molecule has 0 aliphatic rings. The third-order valence-corrected chi connectivity index (χ3v) is 3.86. The van der Waals surface area contributed by atoms with Crippen LogP contribution in [-0.4, -0.2) is 19.7 Å². The van der Waals surface area contributed by atoms with Crippen molar-refractivity contribution in [1.29, 1.82) is 0 Å². The number of rotatable bonds is 6. The zero-order valence-electron chi connectivity index (χ0n) is 12.8. The quantitative estimate of drug-likeness (QED) is 0.521. The first-order valence-electron chi connectivity index (χ1n) is 6.90. The maximum atomic E-state index is 11.9. The normalized spacial score (nSPS) is 9.92. The number of methoxy groups -OCH3 is 1. The van der Waals surface area contributed by atoms with Gasteiger partial charge in [-0.2, -0.15) is 0 Å². The number of carbonyl (C=O) groups is 1. The molecule has 0 saturated carbocycles. The van der Waals surface area contributed by atoms with Crippen LogP contribution < -0.4 is 9.47 Å². The van der Waals surface area contributed by atoms with Crippen molar-refractivity contribution in [3.8, 4) is 23.8 Å². The third kappa shape index (κ3) is 4.67. The van der Waals surface area contributed by atoms with Gasteiger partial charge in [-0.15, -0.1) is 6.42 Å². The molecule has 0 heterocycles. The van der Waals surface area contributed by atoms with Crippen LogP contribution in [0.4, 0.5) is 0 Å². The summed E-state index contributed by atoms with van der Waals surface area (Å²) in [5.74, 6) is 2.35. The topological polar surface area (TPSA) is 44.8 Å². The van der Waals surface area contributed by atoms with Crippen LogP contribution >= 0.6 is 27.5 Å². The fourth-order valence-electron chi connectivity index (χ4n) is 1.90. The van der Waals surface area contributed by atoms with E-state index in [0.717, 1.165) is 10.0 Å². The number of carbonyl (C=O) groups excluding carboxylic acids is 1. The van der Waals surface area contributed by atoms with E-state index in [4.69, 9.17) is 32.2 Å². The van der Waals surface area contributed by atoms with Gasteiger partial charge in [0, 0.05) is 4.47 Å². The van der Waals surface area contributed by atoms with Gasteiger partial charge in [-0.05, 0) is 29.8 Å². The lowest BCUT2D eigenvalue weighted by molar-refractivity contribution is 0.0556. The molecule has 0 saturated heterocycles. The molecule has 124 valence electrons. The first kappa shape index (κ1) is 18.2. The van der Waals surface area contributed by atoms with Crippen LogP contribution in [0.15, 0.2) is 40.9 Å². The molecule has 24 heavy (non-hydrogen) atoms. The van der Waals surface area contributed by atoms with E-state index in [2.05, 4.69) is 21.9 Å². The SMILES string of the molecule is C#CCOC(=O)c1cc(Cl)c(OCc2ccc(Br)cc2)c(OC)c1. The number of terminal acetylenes is 1. The number of hydrogen-bond donors (Lipinski definition) is 0. The van der Waals surface area contributed by atoms with Gasteiger partial charge in [0.15, 0.2) is 18.1 Å². The number of benzene rings is 2. The number of hydrogen-bond acceptors (Lipinski definition) is 4. The lowest BCUT2D eigenvalue weighted by atomic mass is 10.2. The predicted octanol–water partition coefficient (Wildman–Crippen LogP) is 4.48. The first-order valence-corrected chi connectivity index (χ1v) is 8.07. The van der Waals surface area contributed by atoms with Gasteiger partial charge >= 0.3 is 5.97 Å². The van der Waals surface area contributed by atoms with Crippen LogP contribution in [0.1, 0.15) is 15.9 Å². The Labute approximate surface area is 153 Å². The van der Waals surface area contributed by atoms with Gasteiger partial charge in [0.05, 0.1) is 17.7 Å². The number of esters is 1. The molecule has 4 nitrogen and oxygen atoms in total. The Balaban J connectivity index is 2.19. The van der Waals surface area contributed by atoms with E-state index < -0.39 is 5.97 Å². The number of halogens is 2. The molecule has 0 fully saturated rings. The zero-order chi connectivity index (χ0) is 17.5. The molecular formula is C18H14BrClO4. The Hall–Kier alpha value is -2.16. The number of ether oxygens (including phenoxy) is 3. The van der Waals surface area contributed by atoms with Crippen molar-refractivity contribution in [2.24, 2.45) is 0 Å². The van der Waals surface area contributed by atoms with Crippen LogP contribution in [0.2, 0.25) is 5.02 Å². The molecule has 0 bridgehead atoms. The van der Waals surface area contributed by atoms with E-state index in [-0.39, 0.29) is 17.2 Å². The molecule has 0 N–H and O–H groups in total. The first-order chi connectivity index (χ1) is 11.5. The highest BCUT2D eigenvalue weighted by molar-refractivity contribution is 9.10. The summed E-state index contributed by atoms with van der Waals surface area (Å²) in [5.41, 5.74) is 1.21. The van der Waals surface area contributed by atoms with Crippen molar-refractivity contribution >= 4 is 33.5 Å². The Morgan fingerprint density at radius 3 is 2.62 bits per heavy atom. The van der Waals surface area contributed by atoms with E-state index in [1.807, 2.05) is 24.3 Å². The standard InChI is InChI=1S/C18H14BrClO4/c1-3-8-23-18(21)13-9-15(20)17(16(10-13)22-2)24-11-12-4-6-14(19)7-5-12/h1,4-7,9-10H,8,11H2,2H3. The molecule has 2 aromatic rings. The smallest absolute Gasteiger partial charge is 0.339 e. The average molecular weight is 410 g/mol. The fraction of sp³-hybridized carbons (Fsp3) is 0.167. The largest absolute Gasteiger partial charge is 0.493 e. The Kier molecular flexibility index (Phi) is 6.53. The summed E-state index contributed by atoms with van der Waals surface area (Å²) in [6.07, 6.45) is 5.07. The molecule has 0 radical (unpaired) electrons. The van der Waals surface area contributed by atoms with Gasteiger partial charge in [-0.1, -0.05) is 45.6 Å². The lowest BCUT2D eigenvalue weighted by Crippen LogP contribution is -2.07. The Bertz CT molecular complexity index is 766. The average Bonchev–Trinajstić information content (AvgIpc) is 2.59. The summed E-state index contributed by atoms with van der Waals surface area (Å²) < 4.78 is 16.9. The summed E-state index contributed by atoms with van der Waals surface area (Å²) in [5, 5.41) is 0.249. The van der Waals surface area contributed by atoms with Crippen molar-refractivity contribution in [3.63, 3.8) is 0 Å². The molecule has 2 rings (SSSR count). The van der Waals surface area contributed by atoms with Crippen LogP contribution in [0.5, 0.6) is 11.5 Å². The fourth-order valence-corrected chi connectivity index (χ4v) is 2.43. The molecule has 0 aromatic heterocycles. The molecule has 0 amide bonds. The second-order valence-corrected chi connectivity index (χ2v) is 6.01. The molecule has 2 aromatic carbocycles. The van der Waals surface area contributed by atoms with E-state index in [0.29, 0.717) is 18.1 Å². The Morgan fingerprint density at radius 1 is 1.29 bits per heavy atom. The van der Waals surface area contributed by atoms with Gasteiger partial charge in [-0.3, -0.25) is 0 Å². The summed E-state index contributed by atoms with van der Waals surface area (Å²) in [7, 11) is 1.47. The third-order valence-electron chi connectivity index (χ3n) is 3.05. The second kappa shape index (κ2) is 8.62. The van der Waals surface area contributed by atoms with Crippen LogP contribution in [0, 0.1) is 12.3 Å². The van der Waals surface area contributed by atoms with Gasteiger partial charge in [0.1, 0.15) is 6.61 Å². The van der Waals surface area contributed by atoms with Gasteiger partial charge < -0.3 is 14.2 Å². The maximum absolute atomic E-state index is 11.9. The molecular weight excluding hydrogens is 396 g/mol. The van der Waals surface area contributed by atoms with Gasteiger partial charge in [0.2, 0.25) is 0 Å². The minimum atomic E-state index is -0.576. The van der Waals surface area contributed by atoms with E-state index in [9.17, 15) is 4.79 Å². The van der Waals surface area contributed by atoms with Crippen molar-refractivity contribution in [1.82, 2.24) is 0 Å². The zero-order valence-corrected chi connectivity index (χ0v) is 15.2.